The molecule has 0 aromatic carbocycles. The molecular weight excluding hydrogens is 176 g/mol. The molecule has 0 aliphatic heterocycles. The van der Waals surface area contributed by atoms with Crippen molar-refractivity contribution in [2.75, 3.05) is 0 Å². The second kappa shape index (κ2) is 3.06. The smallest absolute Gasteiger partial charge is 0.193 e. The summed E-state index contributed by atoms with van der Waals surface area (Å²) in [6, 6.07) is 0. The molecule has 0 fully saturated rings. The summed E-state index contributed by atoms with van der Waals surface area (Å²) in [5.41, 5.74) is -1.93. The lowest BCUT2D eigenvalue weighted by molar-refractivity contribution is -0.121. The topological polar surface area (TPSA) is 99.3 Å². The average Bonchev–Trinajstić information content (AvgIpc) is 2.15. The van der Waals surface area contributed by atoms with Gasteiger partial charge in [0, 0.05) is 0 Å². The first kappa shape index (κ1) is 9.53. The van der Waals surface area contributed by atoms with E-state index in [0.29, 0.717) is 0 Å². The van der Waals surface area contributed by atoms with Gasteiger partial charge in [0.1, 0.15) is 11.8 Å². The lowest BCUT2D eigenvalue weighted by atomic mass is 9.83. The number of carbonyl (C=O) groups is 1. The van der Waals surface area contributed by atoms with E-state index in [9.17, 15) is 14.8 Å². The molecule has 1 rings (SSSR count). The molecule has 0 heterocycles. The molecule has 0 radical (unpaired) electrons. The fourth-order valence-corrected chi connectivity index (χ4v) is 1.03. The molecule has 6 heteroatoms. The number of rotatable bonds is 1. The van der Waals surface area contributed by atoms with E-state index < -0.39 is 17.4 Å². The average molecular weight is 184 g/mol. The Bertz CT molecular complexity index is 310. The zero-order valence-electron chi connectivity index (χ0n) is 6.84. The maximum Gasteiger partial charge on any atom is 0.193 e. The number of nitroso groups, excluding NO2 is 1. The SMILES string of the molecule is CC1(N=O)C(=O)C=CC(=NO)C1O. The van der Waals surface area contributed by atoms with Crippen LogP contribution in [0.2, 0.25) is 0 Å². The molecule has 1 aliphatic rings. The summed E-state index contributed by atoms with van der Waals surface area (Å²) in [4.78, 5) is 21.5. The van der Waals surface area contributed by atoms with Gasteiger partial charge in [-0.15, -0.1) is 4.91 Å². The number of ketones is 1. The zero-order valence-corrected chi connectivity index (χ0v) is 6.84. The van der Waals surface area contributed by atoms with Crippen molar-refractivity contribution in [1.29, 1.82) is 0 Å². The molecule has 13 heavy (non-hydrogen) atoms. The minimum absolute atomic E-state index is 0.151. The van der Waals surface area contributed by atoms with Crippen LogP contribution in [0.5, 0.6) is 0 Å². The predicted molar refractivity (Wildman–Crippen MR) is 43.6 cm³/mol. The fraction of sp³-hybridized carbons (Fsp3) is 0.429. The Morgan fingerprint density at radius 1 is 1.54 bits per heavy atom. The molecule has 2 unspecified atom stereocenters. The van der Waals surface area contributed by atoms with Gasteiger partial charge in [0.25, 0.3) is 0 Å². The molecule has 0 aromatic rings. The minimum Gasteiger partial charge on any atom is -0.411 e. The van der Waals surface area contributed by atoms with Crippen LogP contribution in [0.4, 0.5) is 0 Å². The second-order valence-corrected chi connectivity index (χ2v) is 2.86. The molecule has 0 aromatic heterocycles. The number of oxime groups is 1. The Kier molecular flexibility index (Phi) is 2.24. The van der Waals surface area contributed by atoms with Crippen molar-refractivity contribution in [3.05, 3.63) is 17.1 Å². The molecule has 6 nitrogen and oxygen atoms in total. The number of aliphatic hydroxyl groups is 1. The van der Waals surface area contributed by atoms with Gasteiger partial charge >= 0.3 is 0 Å². The van der Waals surface area contributed by atoms with Crippen molar-refractivity contribution in [3.63, 3.8) is 0 Å². The first-order valence-electron chi connectivity index (χ1n) is 3.53. The van der Waals surface area contributed by atoms with E-state index in [1.54, 1.807) is 0 Å². The first-order chi connectivity index (χ1) is 6.06. The Hall–Kier alpha value is -1.56. The van der Waals surface area contributed by atoms with Gasteiger partial charge in [-0.2, -0.15) is 0 Å². The Labute approximate surface area is 73.5 Å². The van der Waals surface area contributed by atoms with Crippen LogP contribution in [0.3, 0.4) is 0 Å². The number of aliphatic hydroxyl groups excluding tert-OH is 1. The normalized spacial score (nSPS) is 36.6. The van der Waals surface area contributed by atoms with Crippen LogP contribution in [0.15, 0.2) is 22.5 Å². The van der Waals surface area contributed by atoms with Crippen molar-refractivity contribution in [1.82, 2.24) is 0 Å². The van der Waals surface area contributed by atoms with E-state index in [4.69, 9.17) is 5.21 Å². The van der Waals surface area contributed by atoms with Gasteiger partial charge in [0.05, 0.1) is 0 Å². The van der Waals surface area contributed by atoms with Gasteiger partial charge in [0.15, 0.2) is 11.3 Å². The van der Waals surface area contributed by atoms with Crippen LogP contribution in [0.25, 0.3) is 0 Å². The van der Waals surface area contributed by atoms with E-state index in [2.05, 4.69) is 10.3 Å². The number of nitrogens with zero attached hydrogens (tertiary/aromatic N) is 2. The lowest BCUT2D eigenvalue weighted by Crippen LogP contribution is -2.50. The van der Waals surface area contributed by atoms with Gasteiger partial charge in [-0.05, 0) is 19.1 Å². The number of hydrogen-bond acceptors (Lipinski definition) is 6. The molecule has 1 aliphatic carbocycles. The van der Waals surface area contributed by atoms with Gasteiger partial charge in [-0.3, -0.25) is 4.79 Å². The maximum atomic E-state index is 11.1. The molecule has 0 spiro atoms. The highest BCUT2D eigenvalue weighted by Gasteiger charge is 2.46. The van der Waals surface area contributed by atoms with Crippen LogP contribution in [-0.2, 0) is 4.79 Å². The molecule has 2 atom stereocenters. The molecule has 0 amide bonds. The second-order valence-electron chi connectivity index (χ2n) is 2.86. The number of carbonyl (C=O) groups excluding carboxylic acids is 1. The Morgan fingerprint density at radius 2 is 2.15 bits per heavy atom. The summed E-state index contributed by atoms with van der Waals surface area (Å²) in [6.45, 7) is 1.18. The van der Waals surface area contributed by atoms with Crippen LogP contribution in [0.1, 0.15) is 6.92 Å². The van der Waals surface area contributed by atoms with Gasteiger partial charge < -0.3 is 10.3 Å². The Balaban J connectivity index is 3.19. The van der Waals surface area contributed by atoms with Gasteiger partial charge in [0.2, 0.25) is 0 Å². The van der Waals surface area contributed by atoms with Crippen LogP contribution in [-0.4, -0.2) is 33.5 Å². The Morgan fingerprint density at radius 3 is 2.62 bits per heavy atom. The largest absolute Gasteiger partial charge is 0.411 e. The summed E-state index contributed by atoms with van der Waals surface area (Å²) < 4.78 is 0. The summed E-state index contributed by atoms with van der Waals surface area (Å²) in [5, 5.41) is 23.1. The van der Waals surface area contributed by atoms with E-state index in [1.807, 2.05) is 0 Å². The van der Waals surface area contributed by atoms with Crippen LogP contribution >= 0.6 is 0 Å². The molecule has 0 bridgehead atoms. The standard InChI is InChI=1S/C7H8N2O4/c1-7(9-13)5(10)3-2-4(8-12)6(7)11/h2-3,6,11-12H,1H3. The van der Waals surface area contributed by atoms with Crippen LogP contribution < -0.4 is 0 Å². The first-order valence-corrected chi connectivity index (χ1v) is 3.53. The summed E-state index contributed by atoms with van der Waals surface area (Å²) >= 11 is 0. The van der Waals surface area contributed by atoms with Crippen molar-refractivity contribution < 1.29 is 15.1 Å². The zero-order chi connectivity index (χ0) is 10.1. The third-order valence-electron chi connectivity index (χ3n) is 2.02. The predicted octanol–water partition coefficient (Wildman–Crippen LogP) is -0.159. The fourth-order valence-electron chi connectivity index (χ4n) is 1.03. The summed E-state index contributed by atoms with van der Waals surface area (Å²) in [6.07, 6.45) is 0.691. The molecule has 0 saturated heterocycles. The summed E-state index contributed by atoms with van der Waals surface area (Å²) in [7, 11) is 0. The van der Waals surface area contributed by atoms with Crippen molar-refractivity contribution in [2.45, 2.75) is 18.6 Å². The van der Waals surface area contributed by atoms with Gasteiger partial charge in [-0.1, -0.05) is 10.3 Å². The van der Waals surface area contributed by atoms with E-state index in [-0.39, 0.29) is 5.71 Å². The molecule has 0 saturated carbocycles. The van der Waals surface area contributed by atoms with Crippen molar-refractivity contribution in [3.8, 4) is 0 Å². The highest BCUT2D eigenvalue weighted by atomic mass is 16.4. The highest BCUT2D eigenvalue weighted by molar-refractivity contribution is 6.14. The van der Waals surface area contributed by atoms with E-state index in [1.165, 1.54) is 6.92 Å². The number of hydrogen-bond donors (Lipinski definition) is 2. The maximum absolute atomic E-state index is 11.1. The van der Waals surface area contributed by atoms with Crippen molar-refractivity contribution >= 4 is 11.5 Å². The molecule has 2 N–H and O–H groups in total. The summed E-state index contributed by atoms with van der Waals surface area (Å²) in [5.74, 6) is -0.609. The van der Waals surface area contributed by atoms with E-state index in [0.717, 1.165) is 12.2 Å². The van der Waals surface area contributed by atoms with Crippen LogP contribution in [0, 0.1) is 4.91 Å². The third-order valence-corrected chi connectivity index (χ3v) is 2.02. The lowest BCUT2D eigenvalue weighted by Gasteiger charge is -2.26. The van der Waals surface area contributed by atoms with Gasteiger partial charge in [-0.25, -0.2) is 0 Å². The highest BCUT2D eigenvalue weighted by Crippen LogP contribution is 2.23. The molecular formula is C7H8N2O4. The third kappa shape index (κ3) is 1.25. The minimum atomic E-state index is -1.78. The quantitative estimate of drug-likeness (QED) is 0.336. The van der Waals surface area contributed by atoms with E-state index >= 15 is 0 Å². The monoisotopic (exact) mass is 184 g/mol. The van der Waals surface area contributed by atoms with Crippen molar-refractivity contribution in [2.24, 2.45) is 10.3 Å². The molecule has 70 valence electrons.